The molecule has 1 aromatic rings. The summed E-state index contributed by atoms with van der Waals surface area (Å²) in [5, 5.41) is 11.7. The van der Waals surface area contributed by atoms with E-state index in [1.165, 1.54) is 16.4 Å². The maximum absolute atomic E-state index is 12.1. The molecule has 1 heterocycles. The third-order valence-corrected chi connectivity index (χ3v) is 5.67. The number of sulfonamides is 1. The summed E-state index contributed by atoms with van der Waals surface area (Å²) in [5.41, 5.74) is 0.719. The van der Waals surface area contributed by atoms with Gasteiger partial charge in [-0.3, -0.25) is 9.10 Å². The molecule has 1 saturated heterocycles. The normalized spacial score (nSPS) is 18.8. The predicted octanol–water partition coefficient (Wildman–Crippen LogP) is 1.38. The van der Waals surface area contributed by atoms with E-state index in [-0.39, 0.29) is 29.0 Å². The summed E-state index contributed by atoms with van der Waals surface area (Å²) in [7, 11) is -3.31. The van der Waals surface area contributed by atoms with Gasteiger partial charge in [0.05, 0.1) is 28.6 Å². The lowest BCUT2D eigenvalue weighted by molar-refractivity contribution is 0.0922. The van der Waals surface area contributed by atoms with Crippen LogP contribution < -0.4 is 9.62 Å². The van der Waals surface area contributed by atoms with Gasteiger partial charge in [0.25, 0.3) is 5.91 Å². The van der Waals surface area contributed by atoms with Gasteiger partial charge in [0.2, 0.25) is 10.0 Å². The number of aliphatic hydroxyl groups excluding tert-OH is 1. The van der Waals surface area contributed by atoms with Gasteiger partial charge >= 0.3 is 0 Å². The molecule has 0 spiro atoms. The number of aliphatic hydroxyl groups is 1. The zero-order valence-corrected chi connectivity index (χ0v) is 13.8. The topological polar surface area (TPSA) is 86.7 Å². The fourth-order valence-electron chi connectivity index (χ4n) is 2.27. The van der Waals surface area contributed by atoms with Crippen molar-refractivity contribution >= 4 is 33.2 Å². The van der Waals surface area contributed by atoms with Crippen LogP contribution in [0.5, 0.6) is 0 Å². The number of carbonyl (C=O) groups excluding carboxylic acids is 1. The number of nitrogens with one attached hydrogen (secondary N) is 1. The fraction of sp³-hybridized carbons (Fsp3) is 0.500. The molecule has 1 aliphatic rings. The molecule has 122 valence electrons. The first kappa shape index (κ1) is 17.1. The molecule has 1 aliphatic heterocycles. The van der Waals surface area contributed by atoms with Crippen LogP contribution in [0.25, 0.3) is 0 Å². The van der Waals surface area contributed by atoms with Crippen molar-refractivity contribution in [2.24, 2.45) is 0 Å². The molecular weight excluding hydrogens is 328 g/mol. The van der Waals surface area contributed by atoms with Gasteiger partial charge in [0.1, 0.15) is 0 Å². The number of halogens is 1. The van der Waals surface area contributed by atoms with E-state index in [2.05, 4.69) is 5.32 Å². The van der Waals surface area contributed by atoms with Gasteiger partial charge in [-0.1, -0.05) is 11.6 Å². The largest absolute Gasteiger partial charge is 0.394 e. The van der Waals surface area contributed by atoms with Crippen molar-refractivity contribution in [3.63, 3.8) is 0 Å². The predicted molar refractivity (Wildman–Crippen MR) is 85.8 cm³/mol. The highest BCUT2D eigenvalue weighted by molar-refractivity contribution is 7.92. The van der Waals surface area contributed by atoms with E-state index in [4.69, 9.17) is 16.7 Å². The van der Waals surface area contributed by atoms with Crippen LogP contribution in [0.2, 0.25) is 5.02 Å². The summed E-state index contributed by atoms with van der Waals surface area (Å²) < 4.78 is 25.5. The molecule has 0 unspecified atom stereocenters. The van der Waals surface area contributed by atoms with Crippen LogP contribution in [0.1, 0.15) is 30.1 Å². The van der Waals surface area contributed by atoms with Gasteiger partial charge in [0.15, 0.2) is 0 Å². The van der Waals surface area contributed by atoms with Crippen LogP contribution in [0, 0.1) is 0 Å². The van der Waals surface area contributed by atoms with Crippen LogP contribution >= 0.6 is 11.6 Å². The molecule has 0 radical (unpaired) electrons. The highest BCUT2D eigenvalue weighted by Crippen LogP contribution is 2.28. The molecule has 6 nitrogen and oxygen atoms in total. The van der Waals surface area contributed by atoms with Crippen molar-refractivity contribution in [1.29, 1.82) is 0 Å². The smallest absolute Gasteiger partial charge is 0.253 e. The summed E-state index contributed by atoms with van der Waals surface area (Å²) in [4.78, 5) is 12.0. The molecule has 1 fully saturated rings. The van der Waals surface area contributed by atoms with Crippen molar-refractivity contribution < 1.29 is 18.3 Å². The molecule has 2 rings (SSSR count). The van der Waals surface area contributed by atoms with Crippen molar-refractivity contribution in [2.75, 3.05) is 23.2 Å². The molecule has 1 atom stereocenters. The summed E-state index contributed by atoms with van der Waals surface area (Å²) in [5.74, 6) is -0.277. The number of hydrogen-bond acceptors (Lipinski definition) is 4. The Morgan fingerprint density at radius 2 is 2.18 bits per heavy atom. The monoisotopic (exact) mass is 346 g/mol. The second kappa shape index (κ2) is 6.85. The van der Waals surface area contributed by atoms with Crippen molar-refractivity contribution in [2.45, 2.75) is 25.8 Å². The molecule has 1 amide bonds. The van der Waals surface area contributed by atoms with E-state index >= 15 is 0 Å². The molecule has 0 aliphatic carbocycles. The molecule has 8 heteroatoms. The lowest BCUT2D eigenvalue weighted by Gasteiger charge is -2.28. The average Bonchev–Trinajstić information content (AvgIpc) is 2.46. The van der Waals surface area contributed by atoms with E-state index in [0.29, 0.717) is 18.7 Å². The number of carbonyl (C=O) groups is 1. The van der Waals surface area contributed by atoms with Gasteiger partial charge in [-0.15, -0.1) is 0 Å². The summed E-state index contributed by atoms with van der Waals surface area (Å²) in [6, 6.07) is 4.18. The molecule has 2 N–H and O–H groups in total. The molecule has 0 aromatic heterocycles. The Morgan fingerprint density at radius 3 is 2.77 bits per heavy atom. The Balaban J connectivity index is 2.24. The van der Waals surface area contributed by atoms with E-state index < -0.39 is 15.9 Å². The average molecular weight is 347 g/mol. The lowest BCUT2D eigenvalue weighted by atomic mass is 10.1. The van der Waals surface area contributed by atoms with Crippen molar-refractivity contribution in [1.82, 2.24) is 5.32 Å². The van der Waals surface area contributed by atoms with Gasteiger partial charge in [-0.2, -0.15) is 0 Å². The molecular formula is C14H19ClN2O4S. The summed E-state index contributed by atoms with van der Waals surface area (Å²) in [6.45, 7) is 1.92. The van der Waals surface area contributed by atoms with E-state index in [0.717, 1.165) is 6.42 Å². The number of benzene rings is 1. The fourth-order valence-corrected chi connectivity index (χ4v) is 4.16. The summed E-state index contributed by atoms with van der Waals surface area (Å²) >= 11 is 6.12. The van der Waals surface area contributed by atoms with Crippen LogP contribution in [0.3, 0.4) is 0 Å². The van der Waals surface area contributed by atoms with Gasteiger partial charge in [-0.25, -0.2) is 8.42 Å². The maximum Gasteiger partial charge on any atom is 0.253 e. The van der Waals surface area contributed by atoms with E-state index in [1.807, 2.05) is 0 Å². The van der Waals surface area contributed by atoms with Crippen molar-refractivity contribution in [3.8, 4) is 0 Å². The van der Waals surface area contributed by atoms with Crippen molar-refractivity contribution in [3.05, 3.63) is 28.8 Å². The highest BCUT2D eigenvalue weighted by Gasteiger charge is 2.26. The number of hydrogen-bond donors (Lipinski definition) is 2. The van der Waals surface area contributed by atoms with E-state index in [1.54, 1.807) is 13.0 Å². The zero-order chi connectivity index (χ0) is 16.3. The Labute approximate surface area is 135 Å². The Morgan fingerprint density at radius 1 is 1.45 bits per heavy atom. The molecule has 1 aromatic carbocycles. The SMILES string of the molecule is C[C@@H](CO)NC(=O)c1ccc(N2CCCCS2(=O)=O)cc1Cl. The first-order valence-electron chi connectivity index (χ1n) is 7.07. The van der Waals surface area contributed by atoms with Gasteiger partial charge in [-0.05, 0) is 38.0 Å². The van der Waals surface area contributed by atoms with E-state index in [9.17, 15) is 13.2 Å². The first-order chi connectivity index (χ1) is 10.3. The van der Waals surface area contributed by atoms with Crippen LogP contribution in [-0.4, -0.2) is 44.4 Å². The quantitative estimate of drug-likeness (QED) is 0.862. The molecule has 0 saturated carbocycles. The summed E-state index contributed by atoms with van der Waals surface area (Å²) in [6.07, 6.45) is 1.46. The standard InChI is InChI=1S/C14H19ClN2O4S/c1-10(9-18)16-14(19)12-5-4-11(8-13(12)15)17-6-2-3-7-22(17,20)21/h4-5,8,10,18H,2-3,6-7,9H2,1H3,(H,16,19)/t10-/m0/s1. The molecule has 22 heavy (non-hydrogen) atoms. The Bertz CT molecular complexity index is 663. The van der Waals surface area contributed by atoms with Crippen LogP contribution in [-0.2, 0) is 10.0 Å². The van der Waals surface area contributed by atoms with Gasteiger partial charge < -0.3 is 10.4 Å². The van der Waals surface area contributed by atoms with Gasteiger partial charge in [0, 0.05) is 12.6 Å². The highest BCUT2D eigenvalue weighted by atomic mass is 35.5. The number of amides is 1. The Kier molecular flexibility index (Phi) is 5.31. The number of anilines is 1. The first-order valence-corrected chi connectivity index (χ1v) is 9.05. The number of rotatable bonds is 4. The Hall–Kier alpha value is -1.31. The molecule has 0 bridgehead atoms. The third-order valence-electron chi connectivity index (χ3n) is 3.49. The third kappa shape index (κ3) is 3.71. The lowest BCUT2D eigenvalue weighted by Crippen LogP contribution is -2.38. The zero-order valence-electron chi connectivity index (χ0n) is 12.3. The van der Waals surface area contributed by atoms with Crippen LogP contribution in [0.15, 0.2) is 18.2 Å². The van der Waals surface area contributed by atoms with Crippen LogP contribution in [0.4, 0.5) is 5.69 Å². The second-order valence-electron chi connectivity index (χ2n) is 5.32. The maximum atomic E-state index is 12.1. The number of nitrogens with zero attached hydrogens (tertiary/aromatic N) is 1. The minimum atomic E-state index is -3.31. The second-order valence-corrected chi connectivity index (χ2v) is 7.74. The minimum Gasteiger partial charge on any atom is -0.394 e. The minimum absolute atomic E-state index is 0.126.